The van der Waals surface area contributed by atoms with Gasteiger partial charge in [-0.1, -0.05) is 15.9 Å². The van der Waals surface area contributed by atoms with E-state index in [-0.39, 0.29) is 4.47 Å². The molecule has 0 unspecified atom stereocenters. The van der Waals surface area contributed by atoms with Gasteiger partial charge in [0.05, 0.1) is 4.47 Å². The lowest BCUT2D eigenvalue weighted by Crippen LogP contribution is -2.33. The van der Waals surface area contributed by atoms with Gasteiger partial charge in [-0.15, -0.1) is 0 Å². The Hall–Kier alpha value is -0.640. The lowest BCUT2D eigenvalue weighted by atomic mass is 10.2. The van der Waals surface area contributed by atoms with Crippen molar-refractivity contribution in [2.75, 3.05) is 6.54 Å². The van der Waals surface area contributed by atoms with Gasteiger partial charge in [0.2, 0.25) is 0 Å². The highest BCUT2D eigenvalue weighted by Gasteiger charge is 2.31. The Morgan fingerprint density at radius 3 is 2.70 bits per heavy atom. The van der Waals surface area contributed by atoms with E-state index in [1.54, 1.807) is 0 Å². The summed E-state index contributed by atoms with van der Waals surface area (Å²) < 4.78 is 29.3. The predicted molar refractivity (Wildman–Crippen MR) is 77.8 cm³/mol. The van der Waals surface area contributed by atoms with Crippen LogP contribution < -0.4 is 5.32 Å². The molecule has 1 aliphatic rings. The second kappa shape index (κ2) is 6.00. The summed E-state index contributed by atoms with van der Waals surface area (Å²) in [6.07, 6.45) is 1.32. The van der Waals surface area contributed by atoms with Crippen molar-refractivity contribution in [2.24, 2.45) is 0 Å². The van der Waals surface area contributed by atoms with Crippen LogP contribution in [-0.2, 0) is 19.1 Å². The summed E-state index contributed by atoms with van der Waals surface area (Å²) in [4.78, 5) is 11.3. The molecule has 0 aliphatic carbocycles. The molecule has 2 N–H and O–H groups in total. The van der Waals surface area contributed by atoms with Gasteiger partial charge >= 0.3 is 16.1 Å². The first-order valence-electron chi connectivity index (χ1n) is 5.71. The first-order valence-corrected chi connectivity index (χ1v) is 8.70. The van der Waals surface area contributed by atoms with Crippen molar-refractivity contribution in [3.8, 4) is 5.75 Å². The van der Waals surface area contributed by atoms with Gasteiger partial charge in [-0.2, -0.15) is 8.42 Å². The summed E-state index contributed by atoms with van der Waals surface area (Å²) in [6.45, 7) is 0.646. The second-order valence-corrected chi connectivity index (χ2v) is 7.52. The molecule has 1 aliphatic heterocycles. The Kier molecular flexibility index (Phi) is 4.73. The fourth-order valence-electron chi connectivity index (χ4n) is 1.83. The van der Waals surface area contributed by atoms with Crippen LogP contribution in [0.25, 0.3) is 0 Å². The number of nitrogens with one attached hydrogen (secondary N) is 1. The number of hydrogen-bond acceptors (Lipinski definition) is 6. The molecule has 1 fully saturated rings. The SMILES string of the molecule is O=C(OS(=O)(=O)c1cc(Br)cc(Br)c1O)[C@@H]1CCCN1. The first-order chi connectivity index (χ1) is 9.31. The molecule has 0 aromatic heterocycles. The van der Waals surface area contributed by atoms with E-state index in [0.717, 1.165) is 6.42 Å². The van der Waals surface area contributed by atoms with Crippen LogP contribution in [0.4, 0.5) is 0 Å². The van der Waals surface area contributed by atoms with Crippen LogP contribution in [0.1, 0.15) is 12.8 Å². The van der Waals surface area contributed by atoms with Gasteiger partial charge in [-0.05, 0) is 47.4 Å². The molecule has 0 bridgehead atoms. The minimum atomic E-state index is -4.37. The second-order valence-electron chi connectivity index (χ2n) is 4.24. The number of carbonyl (C=O) groups excluding carboxylic acids is 1. The van der Waals surface area contributed by atoms with E-state index < -0.39 is 32.8 Å². The molecular weight excluding hydrogens is 418 g/mol. The monoisotopic (exact) mass is 427 g/mol. The number of phenols is 1. The van der Waals surface area contributed by atoms with Crippen LogP contribution in [0.15, 0.2) is 26.0 Å². The zero-order valence-corrected chi connectivity index (χ0v) is 14.1. The first kappa shape index (κ1) is 15.7. The normalized spacial score (nSPS) is 19.0. The molecule has 0 radical (unpaired) electrons. The maximum atomic E-state index is 12.1. The Morgan fingerprint density at radius 1 is 1.40 bits per heavy atom. The van der Waals surface area contributed by atoms with Crippen LogP contribution >= 0.6 is 31.9 Å². The summed E-state index contributed by atoms with van der Waals surface area (Å²) in [7, 11) is -4.37. The number of rotatable bonds is 3. The number of carbonyl (C=O) groups is 1. The van der Waals surface area contributed by atoms with Crippen molar-refractivity contribution in [3.63, 3.8) is 0 Å². The van der Waals surface area contributed by atoms with Crippen molar-refractivity contribution in [3.05, 3.63) is 21.1 Å². The molecule has 0 amide bonds. The zero-order valence-electron chi connectivity index (χ0n) is 10.1. The highest BCUT2D eigenvalue weighted by Crippen LogP contribution is 2.35. The summed E-state index contributed by atoms with van der Waals surface area (Å²) in [5.74, 6) is -1.36. The van der Waals surface area contributed by atoms with Crippen molar-refractivity contribution < 1.29 is 22.5 Å². The molecule has 20 heavy (non-hydrogen) atoms. The van der Waals surface area contributed by atoms with Gasteiger partial charge in [0.15, 0.2) is 5.75 Å². The molecule has 1 atom stereocenters. The van der Waals surface area contributed by atoms with E-state index in [0.29, 0.717) is 17.4 Å². The summed E-state index contributed by atoms with van der Waals surface area (Å²) in [5, 5.41) is 12.6. The van der Waals surface area contributed by atoms with Gasteiger partial charge in [-0.25, -0.2) is 4.79 Å². The van der Waals surface area contributed by atoms with E-state index in [4.69, 9.17) is 0 Å². The van der Waals surface area contributed by atoms with Crippen LogP contribution in [0.3, 0.4) is 0 Å². The fraction of sp³-hybridized carbons (Fsp3) is 0.364. The molecule has 6 nitrogen and oxygen atoms in total. The Labute approximate surface area is 132 Å². The third-order valence-corrected chi connectivity index (χ3v) is 5.10. The van der Waals surface area contributed by atoms with Crippen molar-refractivity contribution in [2.45, 2.75) is 23.8 Å². The molecule has 9 heteroatoms. The molecule has 2 rings (SSSR count). The lowest BCUT2D eigenvalue weighted by Gasteiger charge is -2.12. The van der Waals surface area contributed by atoms with Crippen LogP contribution in [0.5, 0.6) is 5.75 Å². The predicted octanol–water partition coefficient (Wildman–Crippen LogP) is 1.90. The van der Waals surface area contributed by atoms with Gasteiger partial charge < -0.3 is 14.6 Å². The van der Waals surface area contributed by atoms with Crippen LogP contribution in [0.2, 0.25) is 0 Å². The van der Waals surface area contributed by atoms with Crippen molar-refractivity contribution in [1.29, 1.82) is 0 Å². The summed E-state index contributed by atoms with van der Waals surface area (Å²) in [5.41, 5.74) is 0. The fourth-order valence-corrected chi connectivity index (χ4v) is 4.38. The molecule has 1 aromatic carbocycles. The molecule has 0 spiro atoms. The van der Waals surface area contributed by atoms with E-state index >= 15 is 0 Å². The highest BCUT2D eigenvalue weighted by molar-refractivity contribution is 9.11. The maximum Gasteiger partial charge on any atom is 0.345 e. The standard InChI is InChI=1S/C11H11Br2NO5S/c12-6-4-7(13)10(15)9(5-6)20(17,18)19-11(16)8-2-1-3-14-8/h4-5,8,14-15H,1-3H2/t8-/m0/s1. The lowest BCUT2D eigenvalue weighted by molar-refractivity contribution is -0.135. The number of hydrogen-bond donors (Lipinski definition) is 2. The van der Waals surface area contributed by atoms with Gasteiger partial charge in [0, 0.05) is 4.47 Å². The highest BCUT2D eigenvalue weighted by atomic mass is 79.9. The third kappa shape index (κ3) is 3.33. The zero-order chi connectivity index (χ0) is 14.9. The van der Waals surface area contributed by atoms with E-state index in [1.165, 1.54) is 12.1 Å². The van der Waals surface area contributed by atoms with Gasteiger partial charge in [0.1, 0.15) is 10.9 Å². The van der Waals surface area contributed by atoms with Gasteiger partial charge in [0.25, 0.3) is 0 Å². The molecule has 1 aromatic rings. The number of phenolic OH excluding ortho intramolecular Hbond substituents is 1. The topological polar surface area (TPSA) is 92.7 Å². The maximum absolute atomic E-state index is 12.1. The number of benzene rings is 1. The molecular formula is C11H11Br2NO5S. The average Bonchev–Trinajstić information content (AvgIpc) is 2.86. The van der Waals surface area contributed by atoms with E-state index in [2.05, 4.69) is 41.4 Å². The average molecular weight is 429 g/mol. The number of aromatic hydroxyl groups is 1. The summed E-state index contributed by atoms with van der Waals surface area (Å²) >= 11 is 6.14. The number of halogens is 2. The minimum absolute atomic E-state index is 0.181. The van der Waals surface area contributed by atoms with Crippen LogP contribution in [-0.4, -0.2) is 32.1 Å². The quantitative estimate of drug-likeness (QED) is 0.714. The van der Waals surface area contributed by atoms with Crippen molar-refractivity contribution in [1.82, 2.24) is 5.32 Å². The Balaban J connectivity index is 2.28. The molecule has 1 heterocycles. The molecule has 110 valence electrons. The van der Waals surface area contributed by atoms with E-state index in [1.807, 2.05) is 0 Å². The Bertz CT molecular complexity index is 640. The van der Waals surface area contributed by atoms with Crippen molar-refractivity contribution >= 4 is 47.9 Å². The van der Waals surface area contributed by atoms with Gasteiger partial charge in [-0.3, -0.25) is 0 Å². The smallest absolute Gasteiger partial charge is 0.345 e. The largest absolute Gasteiger partial charge is 0.505 e. The molecule has 0 saturated carbocycles. The third-order valence-electron chi connectivity index (χ3n) is 2.80. The Morgan fingerprint density at radius 2 is 2.10 bits per heavy atom. The van der Waals surface area contributed by atoms with Crippen LogP contribution in [0, 0.1) is 0 Å². The van der Waals surface area contributed by atoms with E-state index in [9.17, 15) is 18.3 Å². The molecule has 1 saturated heterocycles. The summed E-state index contributed by atoms with van der Waals surface area (Å²) in [6, 6.07) is 2.03. The minimum Gasteiger partial charge on any atom is -0.505 e.